The third kappa shape index (κ3) is 8.27. The van der Waals surface area contributed by atoms with Gasteiger partial charge in [-0.1, -0.05) is 42.5 Å². The van der Waals surface area contributed by atoms with E-state index in [1.807, 2.05) is 35.1 Å². The normalized spacial score (nSPS) is 18.6. The van der Waals surface area contributed by atoms with E-state index in [9.17, 15) is 27.9 Å². The van der Waals surface area contributed by atoms with E-state index in [1.54, 1.807) is 17.0 Å². The molecule has 2 aromatic rings. The van der Waals surface area contributed by atoms with Gasteiger partial charge in [0.25, 0.3) is 0 Å². The predicted molar refractivity (Wildman–Crippen MR) is 152 cm³/mol. The monoisotopic (exact) mass is 584 g/mol. The van der Waals surface area contributed by atoms with Crippen LogP contribution in [0.1, 0.15) is 32.1 Å². The van der Waals surface area contributed by atoms with Crippen LogP contribution in [0.3, 0.4) is 0 Å². The highest BCUT2D eigenvalue weighted by Crippen LogP contribution is 2.38. The lowest BCUT2D eigenvalue weighted by Crippen LogP contribution is -2.53. The number of hydrogen-bond donors (Lipinski definition) is 6. The maximum atomic E-state index is 13.0. The van der Waals surface area contributed by atoms with E-state index in [4.69, 9.17) is 11.1 Å². The van der Waals surface area contributed by atoms with Crippen molar-refractivity contribution in [3.05, 3.63) is 54.6 Å². The third-order valence-corrected chi connectivity index (χ3v) is 8.89. The number of nitrogens with zero attached hydrogens (tertiary/aromatic N) is 1. The van der Waals surface area contributed by atoms with Gasteiger partial charge in [0.15, 0.2) is 12.1 Å². The fourth-order valence-electron chi connectivity index (χ4n) is 5.04. The fourth-order valence-corrected chi connectivity index (χ4v) is 6.14. The Hall–Kier alpha value is -3.97. The standard InChI is InChI=1S/C28H36N6O6S/c29-28(30)34-14-4-5-18(17-34)16-31-26(36)23(21-8-9-21)15-24(35)32-25(27(37)38)33-41(39,40)22-12-10-20(11-13-22)19-6-2-1-3-7-19/h1-3,6-7,10-13,18,21,23,25,33H,4-5,8-9,14-17H2,(H3,29,30)(H,31,36)(H,32,35)(H,37,38)/t18-,23?,25-/m0/s1. The van der Waals surface area contributed by atoms with Gasteiger partial charge in [-0.2, -0.15) is 4.72 Å². The summed E-state index contributed by atoms with van der Waals surface area (Å²) in [6, 6.07) is 15.3. The predicted octanol–water partition coefficient (Wildman–Crippen LogP) is 1.30. The summed E-state index contributed by atoms with van der Waals surface area (Å²) in [6.07, 6.45) is 1.12. The van der Waals surface area contributed by atoms with Gasteiger partial charge in [0.1, 0.15) is 0 Å². The minimum absolute atomic E-state index is 0.00126. The Morgan fingerprint density at radius 2 is 1.68 bits per heavy atom. The van der Waals surface area contributed by atoms with Crippen molar-refractivity contribution in [2.24, 2.45) is 23.5 Å². The topological polar surface area (TPSA) is 195 Å². The van der Waals surface area contributed by atoms with Gasteiger partial charge in [-0.15, -0.1) is 0 Å². The third-order valence-electron chi connectivity index (χ3n) is 7.45. The van der Waals surface area contributed by atoms with Crippen molar-refractivity contribution in [3.63, 3.8) is 0 Å². The summed E-state index contributed by atoms with van der Waals surface area (Å²) >= 11 is 0. The van der Waals surface area contributed by atoms with Crippen LogP contribution < -0.4 is 21.1 Å². The number of amides is 2. The summed E-state index contributed by atoms with van der Waals surface area (Å²) in [5.74, 6) is -3.15. The number of benzene rings is 2. The number of nitrogens with two attached hydrogens (primary N) is 1. The van der Waals surface area contributed by atoms with Gasteiger partial charge in [-0.05, 0) is 60.8 Å². The van der Waals surface area contributed by atoms with Crippen LogP contribution in [0.2, 0.25) is 0 Å². The Bertz CT molecular complexity index is 1360. The molecule has 0 spiro atoms. The number of nitrogens with one attached hydrogen (secondary N) is 4. The number of guanidine groups is 1. The number of carboxylic acids is 1. The Morgan fingerprint density at radius 1 is 1.02 bits per heavy atom. The minimum atomic E-state index is -4.28. The molecular weight excluding hydrogens is 548 g/mol. The van der Waals surface area contributed by atoms with Crippen LogP contribution in [0, 0.1) is 23.2 Å². The van der Waals surface area contributed by atoms with Gasteiger partial charge in [0, 0.05) is 32.0 Å². The molecule has 2 aromatic carbocycles. The second kappa shape index (κ2) is 13.1. The average molecular weight is 585 g/mol. The van der Waals surface area contributed by atoms with Crippen LogP contribution in [0.4, 0.5) is 0 Å². The second-order valence-electron chi connectivity index (χ2n) is 10.6. The van der Waals surface area contributed by atoms with E-state index < -0.39 is 34.0 Å². The highest BCUT2D eigenvalue weighted by molar-refractivity contribution is 7.89. The Labute approximate surface area is 239 Å². The van der Waals surface area contributed by atoms with Gasteiger partial charge >= 0.3 is 5.97 Å². The Morgan fingerprint density at radius 3 is 2.29 bits per heavy atom. The number of carbonyl (C=O) groups excluding carboxylic acids is 2. The molecule has 0 radical (unpaired) electrons. The molecular formula is C28H36N6O6S. The van der Waals surface area contributed by atoms with Crippen LogP contribution in [0.25, 0.3) is 11.1 Å². The molecule has 1 saturated heterocycles. The smallest absolute Gasteiger partial charge is 0.342 e. The van der Waals surface area contributed by atoms with Gasteiger partial charge in [0.2, 0.25) is 21.8 Å². The average Bonchev–Trinajstić information content (AvgIpc) is 3.80. The van der Waals surface area contributed by atoms with Crippen molar-refractivity contribution in [2.45, 2.75) is 43.2 Å². The number of sulfonamides is 1. The zero-order chi connectivity index (χ0) is 29.6. The van der Waals surface area contributed by atoms with Crippen molar-refractivity contribution < 1.29 is 27.9 Å². The number of aliphatic carboxylic acids is 1. The van der Waals surface area contributed by atoms with Crippen LogP contribution in [-0.4, -0.2) is 68.0 Å². The summed E-state index contributed by atoms with van der Waals surface area (Å²) in [7, 11) is -4.28. The lowest BCUT2D eigenvalue weighted by Gasteiger charge is -2.33. The van der Waals surface area contributed by atoms with Crippen LogP contribution in [-0.2, 0) is 24.4 Å². The van der Waals surface area contributed by atoms with Crippen LogP contribution in [0.5, 0.6) is 0 Å². The number of piperidine rings is 1. The summed E-state index contributed by atoms with van der Waals surface area (Å²) in [5.41, 5.74) is 7.27. The number of carboxylic acid groups (broad SMARTS) is 1. The largest absolute Gasteiger partial charge is 0.479 e. The highest BCUT2D eigenvalue weighted by atomic mass is 32.2. The molecule has 2 fully saturated rings. The minimum Gasteiger partial charge on any atom is -0.479 e. The van der Waals surface area contributed by atoms with E-state index in [1.165, 1.54) is 12.1 Å². The SMILES string of the molecule is N=C(N)N1CCC[C@@H](CNC(=O)C(CC(=O)N[C@@H](NS(=O)(=O)c2ccc(-c3ccccc3)cc2)C(=O)O)C2CC2)C1. The zero-order valence-electron chi connectivity index (χ0n) is 22.6. The second-order valence-corrected chi connectivity index (χ2v) is 12.3. The van der Waals surface area contributed by atoms with Crippen molar-refractivity contribution >= 4 is 33.8 Å². The lowest BCUT2D eigenvalue weighted by molar-refractivity contribution is -0.142. The molecule has 1 aliphatic carbocycles. The first-order valence-corrected chi connectivity index (χ1v) is 15.1. The summed E-state index contributed by atoms with van der Waals surface area (Å²) in [5, 5.41) is 22.4. The van der Waals surface area contributed by atoms with Crippen LogP contribution >= 0.6 is 0 Å². The molecule has 41 heavy (non-hydrogen) atoms. The van der Waals surface area contributed by atoms with Gasteiger partial charge in [-0.25, -0.2) is 13.2 Å². The van der Waals surface area contributed by atoms with E-state index in [2.05, 4.69) is 10.6 Å². The van der Waals surface area contributed by atoms with Crippen molar-refractivity contribution in [1.82, 2.24) is 20.3 Å². The van der Waals surface area contributed by atoms with E-state index >= 15 is 0 Å². The number of rotatable bonds is 12. The Kier molecular flexibility index (Phi) is 9.61. The maximum absolute atomic E-state index is 13.0. The molecule has 1 saturated carbocycles. The fraction of sp³-hybridized carbons (Fsp3) is 0.429. The molecule has 1 aliphatic heterocycles. The number of likely N-dealkylation sites (tertiary alicyclic amines) is 1. The van der Waals surface area contributed by atoms with E-state index in [0.717, 1.165) is 36.8 Å². The summed E-state index contributed by atoms with van der Waals surface area (Å²) in [4.78, 5) is 39.3. The molecule has 220 valence electrons. The zero-order valence-corrected chi connectivity index (χ0v) is 23.4. The van der Waals surface area contributed by atoms with Gasteiger partial charge in [0.05, 0.1) is 4.90 Å². The van der Waals surface area contributed by atoms with E-state index in [-0.39, 0.29) is 35.0 Å². The summed E-state index contributed by atoms with van der Waals surface area (Å²) in [6.45, 7) is 1.66. The first-order valence-electron chi connectivity index (χ1n) is 13.6. The van der Waals surface area contributed by atoms with Crippen LogP contribution in [0.15, 0.2) is 59.5 Å². The summed E-state index contributed by atoms with van der Waals surface area (Å²) < 4.78 is 27.9. The maximum Gasteiger partial charge on any atom is 0.342 e. The molecule has 7 N–H and O–H groups in total. The molecule has 2 aliphatic rings. The molecule has 0 aromatic heterocycles. The quantitative estimate of drug-likeness (QED) is 0.122. The Balaban J connectivity index is 1.34. The van der Waals surface area contributed by atoms with Crippen molar-refractivity contribution in [1.29, 1.82) is 5.41 Å². The number of carbonyl (C=O) groups is 3. The van der Waals surface area contributed by atoms with Crippen molar-refractivity contribution in [3.8, 4) is 11.1 Å². The first-order chi connectivity index (χ1) is 19.5. The highest BCUT2D eigenvalue weighted by Gasteiger charge is 2.38. The first kappa shape index (κ1) is 30.0. The lowest BCUT2D eigenvalue weighted by atomic mass is 9.95. The van der Waals surface area contributed by atoms with Gasteiger partial charge < -0.3 is 26.4 Å². The number of hydrogen-bond acceptors (Lipinski definition) is 6. The van der Waals surface area contributed by atoms with Gasteiger partial charge in [-0.3, -0.25) is 15.0 Å². The molecule has 4 rings (SSSR count). The molecule has 1 heterocycles. The molecule has 12 nitrogen and oxygen atoms in total. The van der Waals surface area contributed by atoms with E-state index in [0.29, 0.717) is 19.6 Å². The molecule has 13 heteroatoms. The molecule has 1 unspecified atom stereocenters. The molecule has 0 bridgehead atoms. The molecule has 2 amide bonds. The van der Waals surface area contributed by atoms with Crippen molar-refractivity contribution in [2.75, 3.05) is 19.6 Å². The molecule has 3 atom stereocenters.